The highest BCUT2D eigenvalue weighted by atomic mass is 16.5. The van der Waals surface area contributed by atoms with E-state index >= 15 is 0 Å². The average Bonchev–Trinajstić information content (AvgIpc) is 2.13. The van der Waals surface area contributed by atoms with Gasteiger partial charge in [-0.15, -0.1) is 0 Å². The molecule has 1 amide bonds. The van der Waals surface area contributed by atoms with Gasteiger partial charge in [-0.3, -0.25) is 9.59 Å². The standard InChI is InChI=1S/C8H11NO5/c1-9(5-8(13)14-2)6(10)3-4-7(11)12/h3-4H,5H2,1-2H3,(H,11,12)/b4-3+. The molecule has 0 aliphatic carbocycles. The van der Waals surface area contributed by atoms with Crippen molar-refractivity contribution < 1.29 is 24.2 Å². The smallest absolute Gasteiger partial charge is 0.328 e. The van der Waals surface area contributed by atoms with Gasteiger partial charge in [0.1, 0.15) is 6.54 Å². The van der Waals surface area contributed by atoms with Crippen LogP contribution in [0.4, 0.5) is 0 Å². The molecule has 0 saturated heterocycles. The number of likely N-dealkylation sites (N-methyl/N-ethyl adjacent to an activating group) is 1. The maximum Gasteiger partial charge on any atom is 0.328 e. The van der Waals surface area contributed by atoms with E-state index in [-0.39, 0.29) is 6.54 Å². The molecule has 0 aromatic heterocycles. The normalized spacial score (nSPS) is 9.86. The molecule has 0 bridgehead atoms. The number of amides is 1. The van der Waals surface area contributed by atoms with Crippen LogP contribution in [0.2, 0.25) is 0 Å². The third-order valence-corrected chi connectivity index (χ3v) is 1.34. The van der Waals surface area contributed by atoms with Crippen LogP contribution in [-0.2, 0) is 19.1 Å². The number of esters is 1. The van der Waals surface area contributed by atoms with Crippen molar-refractivity contribution in [3.05, 3.63) is 12.2 Å². The first-order valence-corrected chi connectivity index (χ1v) is 3.70. The second-order valence-corrected chi connectivity index (χ2v) is 2.44. The van der Waals surface area contributed by atoms with Crippen molar-refractivity contribution in [2.24, 2.45) is 0 Å². The Balaban J connectivity index is 4.12. The minimum atomic E-state index is -1.22. The Kier molecular flexibility index (Phi) is 4.98. The van der Waals surface area contributed by atoms with Crippen molar-refractivity contribution in [1.29, 1.82) is 0 Å². The van der Waals surface area contributed by atoms with E-state index in [1.165, 1.54) is 14.2 Å². The van der Waals surface area contributed by atoms with Crippen molar-refractivity contribution >= 4 is 17.8 Å². The molecule has 0 aliphatic rings. The maximum atomic E-state index is 11.1. The molecule has 0 unspecified atom stereocenters. The SMILES string of the molecule is COC(=O)CN(C)C(=O)/C=C/C(=O)O. The molecule has 0 heterocycles. The Morgan fingerprint density at radius 1 is 1.36 bits per heavy atom. The minimum Gasteiger partial charge on any atom is -0.478 e. The van der Waals surface area contributed by atoms with E-state index in [0.717, 1.165) is 11.0 Å². The Bertz CT molecular complexity index is 271. The molecule has 78 valence electrons. The van der Waals surface area contributed by atoms with Crippen molar-refractivity contribution in [3.63, 3.8) is 0 Å². The second-order valence-electron chi connectivity index (χ2n) is 2.44. The first-order valence-electron chi connectivity index (χ1n) is 3.70. The van der Waals surface area contributed by atoms with Crippen LogP contribution < -0.4 is 0 Å². The topological polar surface area (TPSA) is 83.9 Å². The third kappa shape index (κ3) is 4.91. The van der Waals surface area contributed by atoms with Crippen LogP contribution in [0.3, 0.4) is 0 Å². The number of ether oxygens (including phenoxy) is 1. The Hall–Kier alpha value is -1.85. The summed E-state index contributed by atoms with van der Waals surface area (Å²) in [5, 5.41) is 8.22. The molecule has 0 radical (unpaired) electrons. The first-order chi connectivity index (χ1) is 6.47. The van der Waals surface area contributed by atoms with Crippen LogP contribution in [0.15, 0.2) is 12.2 Å². The van der Waals surface area contributed by atoms with Gasteiger partial charge in [-0.2, -0.15) is 0 Å². The van der Waals surface area contributed by atoms with E-state index in [0.29, 0.717) is 6.08 Å². The number of aliphatic carboxylic acids is 1. The number of carboxylic acids is 1. The highest BCUT2D eigenvalue weighted by Crippen LogP contribution is 1.88. The van der Waals surface area contributed by atoms with E-state index < -0.39 is 17.8 Å². The Morgan fingerprint density at radius 3 is 2.36 bits per heavy atom. The minimum absolute atomic E-state index is 0.209. The number of hydrogen-bond donors (Lipinski definition) is 1. The van der Waals surface area contributed by atoms with Gasteiger partial charge in [-0.1, -0.05) is 0 Å². The zero-order chi connectivity index (χ0) is 11.1. The number of carbonyl (C=O) groups is 3. The van der Waals surface area contributed by atoms with Gasteiger partial charge in [0.05, 0.1) is 7.11 Å². The second kappa shape index (κ2) is 5.74. The van der Waals surface area contributed by atoms with Gasteiger partial charge in [0.2, 0.25) is 5.91 Å². The number of carbonyl (C=O) groups excluding carboxylic acids is 2. The summed E-state index contributed by atoms with van der Waals surface area (Å²) in [7, 11) is 2.57. The number of nitrogens with zero attached hydrogens (tertiary/aromatic N) is 1. The molecule has 0 saturated carbocycles. The molecular weight excluding hydrogens is 190 g/mol. The Labute approximate surface area is 80.8 Å². The fraction of sp³-hybridized carbons (Fsp3) is 0.375. The molecule has 14 heavy (non-hydrogen) atoms. The van der Waals surface area contributed by atoms with E-state index in [9.17, 15) is 14.4 Å². The van der Waals surface area contributed by atoms with Crippen LogP contribution in [-0.4, -0.2) is 48.6 Å². The summed E-state index contributed by atoms with van der Waals surface area (Å²) in [5.74, 6) is -2.35. The zero-order valence-corrected chi connectivity index (χ0v) is 7.89. The Morgan fingerprint density at radius 2 is 1.93 bits per heavy atom. The van der Waals surface area contributed by atoms with E-state index in [2.05, 4.69) is 4.74 Å². The first kappa shape index (κ1) is 12.2. The van der Waals surface area contributed by atoms with Crippen LogP contribution in [0.25, 0.3) is 0 Å². The average molecular weight is 201 g/mol. The predicted octanol–water partition coefficient (Wildman–Crippen LogP) is -0.741. The summed E-state index contributed by atoms with van der Waals surface area (Å²) in [6.07, 6.45) is 1.57. The summed E-state index contributed by atoms with van der Waals surface area (Å²) < 4.78 is 4.32. The molecule has 0 atom stereocenters. The van der Waals surface area contributed by atoms with Crippen molar-refractivity contribution in [1.82, 2.24) is 4.90 Å². The van der Waals surface area contributed by atoms with E-state index in [1.807, 2.05) is 0 Å². The molecule has 0 aromatic carbocycles. The highest BCUT2D eigenvalue weighted by molar-refractivity contribution is 5.95. The summed E-state index contributed by atoms with van der Waals surface area (Å²) >= 11 is 0. The highest BCUT2D eigenvalue weighted by Gasteiger charge is 2.10. The monoisotopic (exact) mass is 201 g/mol. The van der Waals surface area contributed by atoms with Gasteiger partial charge < -0.3 is 14.7 Å². The van der Waals surface area contributed by atoms with Gasteiger partial charge in [0.15, 0.2) is 0 Å². The zero-order valence-electron chi connectivity index (χ0n) is 7.89. The summed E-state index contributed by atoms with van der Waals surface area (Å²) in [5.41, 5.74) is 0. The lowest BCUT2D eigenvalue weighted by Crippen LogP contribution is -2.31. The van der Waals surface area contributed by atoms with E-state index in [4.69, 9.17) is 5.11 Å². The van der Waals surface area contributed by atoms with E-state index in [1.54, 1.807) is 0 Å². The molecule has 0 spiro atoms. The third-order valence-electron chi connectivity index (χ3n) is 1.34. The van der Waals surface area contributed by atoms with Gasteiger partial charge in [-0.25, -0.2) is 4.79 Å². The van der Waals surface area contributed by atoms with Crippen LogP contribution in [0, 0.1) is 0 Å². The number of hydrogen-bond acceptors (Lipinski definition) is 4. The van der Waals surface area contributed by atoms with Crippen molar-refractivity contribution in [2.75, 3.05) is 20.7 Å². The molecule has 0 fully saturated rings. The van der Waals surface area contributed by atoms with Gasteiger partial charge in [0.25, 0.3) is 0 Å². The molecule has 6 nitrogen and oxygen atoms in total. The molecular formula is C8H11NO5. The number of rotatable bonds is 4. The van der Waals surface area contributed by atoms with Crippen LogP contribution in [0.5, 0.6) is 0 Å². The summed E-state index contributed by atoms with van der Waals surface area (Å²) in [6, 6.07) is 0. The predicted molar refractivity (Wildman–Crippen MR) is 46.4 cm³/mol. The summed E-state index contributed by atoms with van der Waals surface area (Å²) in [4.78, 5) is 32.9. The quantitative estimate of drug-likeness (QED) is 0.478. The lowest BCUT2D eigenvalue weighted by molar-refractivity contribution is -0.144. The maximum absolute atomic E-state index is 11.1. The number of carboxylic acid groups (broad SMARTS) is 1. The largest absolute Gasteiger partial charge is 0.478 e. The molecule has 1 N–H and O–H groups in total. The fourth-order valence-electron chi connectivity index (χ4n) is 0.606. The van der Waals surface area contributed by atoms with Crippen LogP contribution in [0.1, 0.15) is 0 Å². The van der Waals surface area contributed by atoms with Crippen molar-refractivity contribution in [2.45, 2.75) is 0 Å². The lowest BCUT2D eigenvalue weighted by Gasteiger charge is -2.12. The number of methoxy groups -OCH3 is 1. The lowest BCUT2D eigenvalue weighted by atomic mass is 10.4. The molecule has 0 rings (SSSR count). The van der Waals surface area contributed by atoms with Crippen LogP contribution >= 0.6 is 0 Å². The van der Waals surface area contributed by atoms with Gasteiger partial charge in [-0.05, 0) is 0 Å². The molecule has 0 aromatic rings. The molecule has 6 heteroatoms. The molecule has 0 aliphatic heterocycles. The van der Waals surface area contributed by atoms with Gasteiger partial charge >= 0.3 is 11.9 Å². The van der Waals surface area contributed by atoms with Gasteiger partial charge in [0, 0.05) is 19.2 Å². The fourth-order valence-corrected chi connectivity index (χ4v) is 0.606. The van der Waals surface area contributed by atoms with Crippen molar-refractivity contribution in [3.8, 4) is 0 Å². The summed E-state index contributed by atoms with van der Waals surface area (Å²) in [6.45, 7) is -0.209.